The number of para-hydroxylation sites is 1. The van der Waals surface area contributed by atoms with E-state index in [1.54, 1.807) is 12.1 Å². The zero-order valence-corrected chi connectivity index (χ0v) is 13.6. The van der Waals surface area contributed by atoms with Crippen molar-refractivity contribution in [3.05, 3.63) is 38.8 Å². The number of carbonyl (C=O) groups is 2. The van der Waals surface area contributed by atoms with Gasteiger partial charge in [-0.2, -0.15) is 0 Å². The number of halogens is 1. The molecule has 0 atom stereocenters. The average Bonchev–Trinajstić information content (AvgIpc) is 2.70. The summed E-state index contributed by atoms with van der Waals surface area (Å²) < 4.78 is 0.490. The van der Waals surface area contributed by atoms with Crippen LogP contribution in [0.25, 0.3) is 0 Å². The molecule has 1 aromatic heterocycles. The molecular formula is C13H12BrN3O3S. The summed E-state index contributed by atoms with van der Waals surface area (Å²) in [5.41, 5.74) is 1.06. The molecule has 0 saturated heterocycles. The molecule has 0 aliphatic heterocycles. The van der Waals surface area contributed by atoms with Crippen LogP contribution in [0.1, 0.15) is 20.9 Å². The van der Waals surface area contributed by atoms with Crippen molar-refractivity contribution in [1.29, 1.82) is 0 Å². The highest BCUT2D eigenvalue weighted by atomic mass is 79.9. The van der Waals surface area contributed by atoms with Crippen LogP contribution in [0.4, 0.5) is 15.6 Å². The normalized spacial score (nSPS) is 10.2. The number of nitrogens with one attached hydrogen (secondary N) is 2. The number of anilines is 2. The highest BCUT2D eigenvalue weighted by molar-refractivity contribution is 9.10. The van der Waals surface area contributed by atoms with Crippen molar-refractivity contribution in [1.82, 2.24) is 4.98 Å². The molecule has 1 heterocycles. The van der Waals surface area contributed by atoms with Gasteiger partial charge in [0.1, 0.15) is 0 Å². The number of thiazole rings is 1. The van der Waals surface area contributed by atoms with Gasteiger partial charge in [-0.05, 0) is 41.9 Å². The zero-order chi connectivity index (χ0) is 15.6. The van der Waals surface area contributed by atoms with E-state index in [1.807, 2.05) is 13.8 Å². The van der Waals surface area contributed by atoms with E-state index in [1.165, 1.54) is 17.4 Å². The van der Waals surface area contributed by atoms with Crippen LogP contribution in [-0.2, 0) is 0 Å². The SMILES string of the molecule is Cc1nc(NC(=O)Nc2c(Br)cccc2C(=O)O)sc1C. The lowest BCUT2D eigenvalue weighted by atomic mass is 10.2. The van der Waals surface area contributed by atoms with E-state index in [4.69, 9.17) is 5.11 Å². The molecule has 3 N–H and O–H groups in total. The van der Waals surface area contributed by atoms with Gasteiger partial charge in [-0.3, -0.25) is 5.32 Å². The fourth-order valence-corrected chi connectivity index (χ4v) is 2.87. The number of aryl methyl sites for hydroxylation is 2. The van der Waals surface area contributed by atoms with Gasteiger partial charge in [-0.15, -0.1) is 11.3 Å². The first kappa shape index (κ1) is 15.5. The van der Waals surface area contributed by atoms with Gasteiger partial charge in [0.15, 0.2) is 5.13 Å². The van der Waals surface area contributed by atoms with Crippen LogP contribution in [0, 0.1) is 13.8 Å². The van der Waals surface area contributed by atoms with Gasteiger partial charge >= 0.3 is 12.0 Å². The van der Waals surface area contributed by atoms with Gasteiger partial charge in [0, 0.05) is 9.35 Å². The monoisotopic (exact) mass is 369 g/mol. The minimum Gasteiger partial charge on any atom is -0.478 e. The summed E-state index contributed by atoms with van der Waals surface area (Å²) in [6.07, 6.45) is 0. The minimum absolute atomic E-state index is 0.00558. The lowest BCUT2D eigenvalue weighted by Crippen LogP contribution is -2.21. The summed E-state index contributed by atoms with van der Waals surface area (Å²) >= 11 is 4.58. The number of aromatic carboxylic acids is 1. The number of urea groups is 1. The first-order valence-electron chi connectivity index (χ1n) is 5.92. The summed E-state index contributed by atoms with van der Waals surface area (Å²) in [5, 5.41) is 14.7. The Morgan fingerprint density at radius 1 is 1.29 bits per heavy atom. The van der Waals surface area contributed by atoms with E-state index in [2.05, 4.69) is 31.5 Å². The summed E-state index contributed by atoms with van der Waals surface area (Å²) in [6, 6.07) is 4.11. The van der Waals surface area contributed by atoms with E-state index in [0.29, 0.717) is 9.60 Å². The Kier molecular flexibility index (Phi) is 4.59. The topological polar surface area (TPSA) is 91.3 Å². The first-order chi connectivity index (χ1) is 9.88. The van der Waals surface area contributed by atoms with E-state index in [-0.39, 0.29) is 11.3 Å². The second-order valence-corrected chi connectivity index (χ2v) is 6.26. The molecule has 0 fully saturated rings. The summed E-state index contributed by atoms with van der Waals surface area (Å²) in [6.45, 7) is 3.76. The summed E-state index contributed by atoms with van der Waals surface area (Å²) in [4.78, 5) is 28.3. The molecule has 1 aromatic carbocycles. The molecule has 0 saturated carbocycles. The van der Waals surface area contributed by atoms with Crippen molar-refractivity contribution < 1.29 is 14.7 Å². The Balaban J connectivity index is 2.18. The van der Waals surface area contributed by atoms with Crippen LogP contribution in [0.2, 0.25) is 0 Å². The van der Waals surface area contributed by atoms with Crippen molar-refractivity contribution in [2.45, 2.75) is 13.8 Å². The number of hydrogen-bond donors (Lipinski definition) is 3. The highest BCUT2D eigenvalue weighted by Gasteiger charge is 2.16. The van der Waals surface area contributed by atoms with Gasteiger partial charge in [0.05, 0.1) is 16.9 Å². The fraction of sp³-hybridized carbons (Fsp3) is 0.154. The Morgan fingerprint density at radius 3 is 2.57 bits per heavy atom. The molecule has 110 valence electrons. The van der Waals surface area contributed by atoms with E-state index in [9.17, 15) is 9.59 Å². The standard InChI is InChI=1S/C13H12BrN3O3S/c1-6-7(2)21-13(15-6)17-12(20)16-10-8(11(18)19)4-3-5-9(10)14/h3-5H,1-2H3,(H,18,19)(H2,15,16,17,20). The molecule has 0 radical (unpaired) electrons. The minimum atomic E-state index is -1.12. The Hall–Kier alpha value is -1.93. The molecule has 0 aliphatic carbocycles. The van der Waals surface area contributed by atoms with Gasteiger partial charge in [-0.25, -0.2) is 14.6 Å². The quantitative estimate of drug-likeness (QED) is 0.765. The number of amides is 2. The lowest BCUT2D eigenvalue weighted by Gasteiger charge is -2.10. The second-order valence-electron chi connectivity index (χ2n) is 4.21. The third kappa shape index (κ3) is 3.59. The first-order valence-corrected chi connectivity index (χ1v) is 7.53. The van der Waals surface area contributed by atoms with Gasteiger partial charge in [0.2, 0.25) is 0 Å². The van der Waals surface area contributed by atoms with Crippen molar-refractivity contribution in [2.24, 2.45) is 0 Å². The predicted molar refractivity (Wildman–Crippen MR) is 85.3 cm³/mol. The largest absolute Gasteiger partial charge is 0.478 e. The van der Waals surface area contributed by atoms with Crippen LogP contribution >= 0.6 is 27.3 Å². The molecule has 0 aliphatic rings. The molecule has 8 heteroatoms. The average molecular weight is 370 g/mol. The van der Waals surface area contributed by atoms with Crippen LogP contribution in [0.3, 0.4) is 0 Å². The molecule has 0 spiro atoms. The Labute approximate surface area is 133 Å². The summed E-state index contributed by atoms with van der Waals surface area (Å²) in [7, 11) is 0. The molecule has 0 bridgehead atoms. The van der Waals surface area contributed by atoms with Gasteiger partial charge in [0.25, 0.3) is 0 Å². The molecule has 2 amide bonds. The van der Waals surface area contributed by atoms with Crippen molar-refractivity contribution in [3.63, 3.8) is 0 Å². The van der Waals surface area contributed by atoms with Crippen LogP contribution in [-0.4, -0.2) is 22.1 Å². The fourth-order valence-electron chi connectivity index (χ4n) is 1.60. The number of aromatic nitrogens is 1. The van der Waals surface area contributed by atoms with Gasteiger partial charge in [-0.1, -0.05) is 6.07 Å². The molecule has 2 rings (SSSR count). The van der Waals surface area contributed by atoms with Crippen LogP contribution in [0.15, 0.2) is 22.7 Å². The molecule has 6 nitrogen and oxygen atoms in total. The third-order valence-electron chi connectivity index (χ3n) is 2.73. The van der Waals surface area contributed by atoms with E-state index >= 15 is 0 Å². The predicted octanol–water partition coefficient (Wildman–Crippen LogP) is 3.86. The number of carboxylic acid groups (broad SMARTS) is 1. The van der Waals surface area contributed by atoms with Gasteiger partial charge < -0.3 is 10.4 Å². The maximum Gasteiger partial charge on any atom is 0.337 e. The Morgan fingerprint density at radius 2 is 2.00 bits per heavy atom. The number of carboxylic acids is 1. The highest BCUT2D eigenvalue weighted by Crippen LogP contribution is 2.27. The number of rotatable bonds is 3. The van der Waals surface area contributed by atoms with Crippen LogP contribution < -0.4 is 10.6 Å². The number of hydrogen-bond acceptors (Lipinski definition) is 4. The maximum atomic E-state index is 12.0. The summed E-state index contributed by atoms with van der Waals surface area (Å²) in [5.74, 6) is -1.12. The molecule has 2 aromatic rings. The van der Waals surface area contributed by atoms with E-state index < -0.39 is 12.0 Å². The van der Waals surface area contributed by atoms with Crippen LogP contribution in [0.5, 0.6) is 0 Å². The molecular weight excluding hydrogens is 358 g/mol. The van der Waals surface area contributed by atoms with Crippen molar-refractivity contribution >= 4 is 50.1 Å². The Bertz CT molecular complexity index is 695. The lowest BCUT2D eigenvalue weighted by molar-refractivity contribution is 0.0698. The number of benzene rings is 1. The van der Waals surface area contributed by atoms with Crippen molar-refractivity contribution in [3.8, 4) is 0 Å². The third-order valence-corrected chi connectivity index (χ3v) is 4.38. The smallest absolute Gasteiger partial charge is 0.337 e. The maximum absolute atomic E-state index is 12.0. The number of carbonyl (C=O) groups excluding carboxylic acids is 1. The zero-order valence-electron chi connectivity index (χ0n) is 11.2. The second kappa shape index (κ2) is 6.23. The van der Waals surface area contributed by atoms with Crippen molar-refractivity contribution in [2.75, 3.05) is 10.6 Å². The number of nitrogens with zero attached hydrogens (tertiary/aromatic N) is 1. The molecule has 0 unspecified atom stereocenters. The molecule has 21 heavy (non-hydrogen) atoms. The van der Waals surface area contributed by atoms with E-state index in [0.717, 1.165) is 10.6 Å².